The van der Waals surface area contributed by atoms with Gasteiger partial charge in [0.15, 0.2) is 0 Å². The van der Waals surface area contributed by atoms with Crippen molar-refractivity contribution in [1.29, 1.82) is 0 Å². The van der Waals surface area contributed by atoms with Gasteiger partial charge in [-0.05, 0) is 29.8 Å². The van der Waals surface area contributed by atoms with E-state index < -0.39 is 0 Å². The van der Waals surface area contributed by atoms with Gasteiger partial charge in [-0.15, -0.1) is 0 Å². The van der Waals surface area contributed by atoms with E-state index in [0.717, 1.165) is 11.3 Å². The maximum absolute atomic E-state index is 11.5. The fourth-order valence-electron chi connectivity index (χ4n) is 1.73. The average molecular weight is 295 g/mol. The van der Waals surface area contributed by atoms with Crippen molar-refractivity contribution in [2.24, 2.45) is 0 Å². The molecule has 3 nitrogen and oxygen atoms in total. The van der Waals surface area contributed by atoms with Crippen molar-refractivity contribution in [3.63, 3.8) is 0 Å². The highest BCUT2D eigenvalue weighted by Crippen LogP contribution is 2.34. The Bertz CT molecular complexity index is 600. The molecule has 0 aliphatic rings. The molecule has 1 aromatic heterocycles. The minimum Gasteiger partial charge on any atom is -0.359 e. The maximum atomic E-state index is 11.5. The van der Waals surface area contributed by atoms with E-state index in [9.17, 15) is 4.79 Å². The fourth-order valence-corrected chi connectivity index (χ4v) is 2.33. The molecular formula is C14H12Cl2N2O. The third-order valence-corrected chi connectivity index (χ3v) is 3.53. The van der Waals surface area contributed by atoms with Crippen LogP contribution >= 0.6 is 23.2 Å². The predicted molar refractivity (Wildman–Crippen MR) is 77.5 cm³/mol. The number of halogens is 2. The van der Waals surface area contributed by atoms with Crippen LogP contribution in [-0.4, -0.2) is 17.9 Å². The normalized spacial score (nSPS) is 10.3. The van der Waals surface area contributed by atoms with Crippen LogP contribution in [0, 0.1) is 0 Å². The van der Waals surface area contributed by atoms with Gasteiger partial charge in [0.2, 0.25) is 5.91 Å². The lowest BCUT2D eigenvalue weighted by atomic mass is 10.0. The Morgan fingerprint density at radius 1 is 1.26 bits per heavy atom. The Hall–Kier alpha value is -1.58. The summed E-state index contributed by atoms with van der Waals surface area (Å²) in [7, 11) is 1.58. The van der Waals surface area contributed by atoms with Crippen LogP contribution in [0.4, 0.5) is 0 Å². The summed E-state index contributed by atoms with van der Waals surface area (Å²) >= 11 is 12.5. The smallest absolute Gasteiger partial charge is 0.224 e. The van der Waals surface area contributed by atoms with E-state index in [4.69, 9.17) is 23.2 Å². The molecular weight excluding hydrogens is 283 g/mol. The zero-order valence-electron chi connectivity index (χ0n) is 10.3. The predicted octanol–water partition coefficient (Wildman–Crippen LogP) is 3.34. The molecule has 0 aliphatic heterocycles. The van der Waals surface area contributed by atoms with Gasteiger partial charge in [0.25, 0.3) is 0 Å². The third kappa shape index (κ3) is 3.06. The number of amides is 1. The van der Waals surface area contributed by atoms with Crippen molar-refractivity contribution < 1.29 is 4.79 Å². The van der Waals surface area contributed by atoms with Crippen LogP contribution in [0.2, 0.25) is 10.0 Å². The van der Waals surface area contributed by atoms with E-state index in [1.165, 1.54) is 0 Å². The molecule has 2 rings (SSSR count). The molecule has 0 saturated carbocycles. The van der Waals surface area contributed by atoms with Crippen LogP contribution in [0.15, 0.2) is 36.5 Å². The molecule has 0 saturated heterocycles. The summed E-state index contributed by atoms with van der Waals surface area (Å²) < 4.78 is 0. The lowest BCUT2D eigenvalue weighted by Gasteiger charge is -2.10. The SMILES string of the molecule is CNC(=O)Cc1c(Cl)ccc(-c2ccccn2)c1Cl. The van der Waals surface area contributed by atoms with E-state index in [2.05, 4.69) is 10.3 Å². The molecule has 1 aromatic carbocycles. The number of carbonyl (C=O) groups excluding carboxylic acids is 1. The summed E-state index contributed by atoms with van der Waals surface area (Å²) in [5.41, 5.74) is 2.14. The van der Waals surface area contributed by atoms with Crippen LogP contribution < -0.4 is 5.32 Å². The maximum Gasteiger partial charge on any atom is 0.224 e. The molecule has 1 N–H and O–H groups in total. The second kappa shape index (κ2) is 6.04. The van der Waals surface area contributed by atoms with E-state index in [1.54, 1.807) is 25.4 Å². The zero-order chi connectivity index (χ0) is 13.8. The molecule has 0 bridgehead atoms. The summed E-state index contributed by atoms with van der Waals surface area (Å²) in [6.45, 7) is 0. The molecule has 2 aromatic rings. The zero-order valence-corrected chi connectivity index (χ0v) is 11.8. The van der Waals surface area contributed by atoms with Gasteiger partial charge in [-0.1, -0.05) is 29.3 Å². The Kier molecular flexibility index (Phi) is 4.40. The molecule has 1 amide bonds. The monoisotopic (exact) mass is 294 g/mol. The molecule has 0 atom stereocenters. The molecule has 0 unspecified atom stereocenters. The van der Waals surface area contributed by atoms with Gasteiger partial charge < -0.3 is 5.32 Å². The van der Waals surface area contributed by atoms with E-state index in [0.29, 0.717) is 15.6 Å². The summed E-state index contributed by atoms with van der Waals surface area (Å²) in [5, 5.41) is 3.50. The van der Waals surface area contributed by atoms with E-state index in [-0.39, 0.29) is 12.3 Å². The first-order chi connectivity index (χ1) is 9.13. The highest BCUT2D eigenvalue weighted by atomic mass is 35.5. The highest BCUT2D eigenvalue weighted by Gasteiger charge is 2.15. The molecule has 98 valence electrons. The van der Waals surface area contributed by atoms with Gasteiger partial charge in [-0.2, -0.15) is 0 Å². The molecule has 0 spiro atoms. The quantitative estimate of drug-likeness (QED) is 0.943. The molecule has 0 fully saturated rings. The van der Waals surface area contributed by atoms with Crippen LogP contribution in [0.3, 0.4) is 0 Å². The number of nitrogens with one attached hydrogen (secondary N) is 1. The van der Waals surface area contributed by atoms with E-state index in [1.807, 2.05) is 18.2 Å². The van der Waals surface area contributed by atoms with Gasteiger partial charge in [0.1, 0.15) is 0 Å². The number of carbonyl (C=O) groups is 1. The van der Waals surface area contributed by atoms with E-state index >= 15 is 0 Å². The lowest BCUT2D eigenvalue weighted by Crippen LogP contribution is -2.20. The second-order valence-electron chi connectivity index (χ2n) is 3.95. The summed E-state index contributed by atoms with van der Waals surface area (Å²) in [6, 6.07) is 9.11. The minimum atomic E-state index is -0.137. The topological polar surface area (TPSA) is 42.0 Å². The van der Waals surface area contributed by atoms with Gasteiger partial charge in [0, 0.05) is 23.8 Å². The number of hydrogen-bond acceptors (Lipinski definition) is 2. The Balaban J connectivity index is 2.48. The second-order valence-corrected chi connectivity index (χ2v) is 4.74. The highest BCUT2D eigenvalue weighted by molar-refractivity contribution is 6.38. The van der Waals surface area contributed by atoms with Crippen molar-refractivity contribution in [2.45, 2.75) is 6.42 Å². The first-order valence-electron chi connectivity index (χ1n) is 5.72. The first-order valence-corrected chi connectivity index (χ1v) is 6.48. The van der Waals surface area contributed by atoms with Crippen LogP contribution in [0.25, 0.3) is 11.3 Å². The third-order valence-electron chi connectivity index (χ3n) is 2.74. The summed E-state index contributed by atoms with van der Waals surface area (Å²) in [5.74, 6) is -0.137. The number of nitrogens with zero attached hydrogens (tertiary/aromatic N) is 1. The summed E-state index contributed by atoms with van der Waals surface area (Å²) in [4.78, 5) is 15.7. The minimum absolute atomic E-state index is 0.137. The molecule has 0 radical (unpaired) electrons. The molecule has 0 aliphatic carbocycles. The first kappa shape index (κ1) is 13.8. The van der Waals surface area contributed by atoms with Crippen molar-refractivity contribution in [1.82, 2.24) is 10.3 Å². The van der Waals surface area contributed by atoms with Crippen LogP contribution in [-0.2, 0) is 11.2 Å². The van der Waals surface area contributed by atoms with Crippen molar-refractivity contribution in [3.05, 3.63) is 52.1 Å². The Labute approximate surface area is 121 Å². The average Bonchev–Trinajstić information content (AvgIpc) is 2.44. The van der Waals surface area contributed by atoms with Crippen LogP contribution in [0.1, 0.15) is 5.56 Å². The van der Waals surface area contributed by atoms with Crippen molar-refractivity contribution in [2.75, 3.05) is 7.05 Å². The van der Waals surface area contributed by atoms with Crippen molar-refractivity contribution >= 4 is 29.1 Å². The number of rotatable bonds is 3. The largest absolute Gasteiger partial charge is 0.359 e. The van der Waals surface area contributed by atoms with Gasteiger partial charge in [0.05, 0.1) is 17.1 Å². The molecule has 5 heteroatoms. The number of pyridine rings is 1. The fraction of sp³-hybridized carbons (Fsp3) is 0.143. The van der Waals surface area contributed by atoms with Gasteiger partial charge in [-0.25, -0.2) is 0 Å². The van der Waals surface area contributed by atoms with Gasteiger partial charge >= 0.3 is 0 Å². The van der Waals surface area contributed by atoms with Gasteiger partial charge in [-0.3, -0.25) is 9.78 Å². The lowest BCUT2D eigenvalue weighted by molar-refractivity contribution is -0.119. The Morgan fingerprint density at radius 3 is 2.68 bits per heavy atom. The van der Waals surface area contributed by atoms with Crippen molar-refractivity contribution in [3.8, 4) is 11.3 Å². The standard InChI is InChI=1S/C14H12Cl2N2O/c1-17-13(19)8-10-11(15)6-5-9(14(10)16)12-4-2-3-7-18-12/h2-7H,8H2,1H3,(H,17,19). The Morgan fingerprint density at radius 2 is 2.05 bits per heavy atom. The van der Waals surface area contributed by atoms with Crippen LogP contribution in [0.5, 0.6) is 0 Å². The number of benzene rings is 1. The number of aromatic nitrogens is 1. The number of hydrogen-bond donors (Lipinski definition) is 1. The number of likely N-dealkylation sites (N-methyl/N-ethyl adjacent to an activating group) is 1. The molecule has 1 heterocycles. The summed E-state index contributed by atoms with van der Waals surface area (Å²) in [6.07, 6.45) is 1.84. The molecule has 19 heavy (non-hydrogen) atoms.